The monoisotopic (exact) mass is 254 g/mol. The van der Waals surface area contributed by atoms with Crippen molar-refractivity contribution in [2.24, 2.45) is 5.92 Å². The molecule has 0 aromatic rings. The highest BCUT2D eigenvalue weighted by Crippen LogP contribution is 2.17. The maximum absolute atomic E-state index is 12.4. The minimum Gasteiger partial charge on any atom is -0.381 e. The largest absolute Gasteiger partial charge is 0.381 e. The lowest BCUT2D eigenvalue weighted by molar-refractivity contribution is -0.140. The summed E-state index contributed by atoms with van der Waals surface area (Å²) >= 11 is 0. The number of likely N-dealkylation sites (N-methyl/N-ethyl adjacent to an activating group) is 1. The summed E-state index contributed by atoms with van der Waals surface area (Å²) < 4.78 is 5.42. The van der Waals surface area contributed by atoms with E-state index in [1.54, 1.807) is 0 Å². The molecule has 104 valence electrons. The van der Waals surface area contributed by atoms with Gasteiger partial charge in [0, 0.05) is 25.7 Å². The number of carbonyl (C=O) groups excluding carboxylic acids is 1. The highest BCUT2D eigenvalue weighted by molar-refractivity contribution is 5.79. The molecule has 0 aliphatic carbocycles. The van der Waals surface area contributed by atoms with E-state index < -0.39 is 0 Å². The van der Waals surface area contributed by atoms with Crippen LogP contribution >= 0.6 is 0 Å². The molecule has 0 radical (unpaired) electrons. The van der Waals surface area contributed by atoms with E-state index in [1.807, 2.05) is 4.90 Å². The second-order valence-electron chi connectivity index (χ2n) is 5.44. The zero-order valence-electron chi connectivity index (χ0n) is 11.5. The molecule has 1 N–H and O–H groups in total. The highest BCUT2D eigenvalue weighted by atomic mass is 16.5. The number of carbonyl (C=O) groups is 1. The van der Waals surface area contributed by atoms with Crippen LogP contribution in [-0.4, -0.2) is 49.7 Å². The average molecular weight is 254 g/mol. The topological polar surface area (TPSA) is 41.6 Å². The Kier molecular flexibility index (Phi) is 5.45. The summed E-state index contributed by atoms with van der Waals surface area (Å²) in [4.78, 5) is 14.4. The molecule has 0 spiro atoms. The van der Waals surface area contributed by atoms with Gasteiger partial charge >= 0.3 is 0 Å². The third-order valence-corrected chi connectivity index (χ3v) is 4.06. The minimum absolute atomic E-state index is 0.0993. The van der Waals surface area contributed by atoms with Gasteiger partial charge in [0.2, 0.25) is 5.91 Å². The van der Waals surface area contributed by atoms with Crippen molar-refractivity contribution in [2.75, 3.05) is 32.8 Å². The first kappa shape index (κ1) is 13.8. The fourth-order valence-corrected chi connectivity index (χ4v) is 2.91. The summed E-state index contributed by atoms with van der Waals surface area (Å²) in [5.74, 6) is 0.395. The van der Waals surface area contributed by atoms with Crippen molar-refractivity contribution in [3.63, 3.8) is 0 Å². The lowest BCUT2D eigenvalue weighted by Crippen LogP contribution is -2.48. The number of hydrogen-bond donors (Lipinski definition) is 1. The van der Waals surface area contributed by atoms with E-state index in [0.29, 0.717) is 18.6 Å². The Labute approximate surface area is 110 Å². The fourth-order valence-electron chi connectivity index (χ4n) is 2.91. The molecule has 18 heavy (non-hydrogen) atoms. The lowest BCUT2D eigenvalue weighted by atomic mass is 9.99. The predicted octanol–water partition coefficient (Wildman–Crippen LogP) is 1.40. The van der Waals surface area contributed by atoms with E-state index in [0.717, 1.165) is 39.1 Å². The van der Waals surface area contributed by atoms with Crippen LogP contribution in [0, 0.1) is 5.92 Å². The maximum atomic E-state index is 12.4. The molecule has 2 atom stereocenters. The molecule has 2 aliphatic rings. The molecule has 0 bridgehead atoms. The third kappa shape index (κ3) is 3.69. The van der Waals surface area contributed by atoms with Gasteiger partial charge < -0.3 is 15.0 Å². The predicted molar refractivity (Wildman–Crippen MR) is 71.4 cm³/mol. The van der Waals surface area contributed by atoms with Gasteiger partial charge in [0.05, 0.1) is 12.5 Å². The number of ether oxygens (including phenoxy) is 1. The van der Waals surface area contributed by atoms with Gasteiger partial charge in [0.15, 0.2) is 0 Å². The third-order valence-electron chi connectivity index (χ3n) is 4.06. The van der Waals surface area contributed by atoms with Crippen molar-refractivity contribution >= 4 is 5.91 Å². The molecule has 0 aromatic carbocycles. The van der Waals surface area contributed by atoms with E-state index in [1.165, 1.54) is 19.3 Å². The summed E-state index contributed by atoms with van der Waals surface area (Å²) in [6.45, 7) is 6.29. The molecule has 4 nitrogen and oxygen atoms in total. The van der Waals surface area contributed by atoms with Crippen LogP contribution in [0.25, 0.3) is 0 Å². The molecular formula is C14H26N2O2. The lowest BCUT2D eigenvalue weighted by Gasteiger charge is -2.33. The first-order valence-corrected chi connectivity index (χ1v) is 7.41. The SMILES string of the molecule is CCN(CC1CCCCN1)C(=O)C1CCCOC1. The van der Waals surface area contributed by atoms with Crippen molar-refractivity contribution in [2.45, 2.75) is 45.1 Å². The Morgan fingerprint density at radius 1 is 1.33 bits per heavy atom. The van der Waals surface area contributed by atoms with Crippen molar-refractivity contribution in [3.8, 4) is 0 Å². The van der Waals surface area contributed by atoms with Crippen LogP contribution in [0.3, 0.4) is 0 Å². The Morgan fingerprint density at radius 2 is 2.22 bits per heavy atom. The van der Waals surface area contributed by atoms with E-state index in [4.69, 9.17) is 4.74 Å². The zero-order valence-corrected chi connectivity index (χ0v) is 11.5. The molecule has 2 rings (SSSR count). The first-order valence-electron chi connectivity index (χ1n) is 7.41. The molecule has 2 saturated heterocycles. The Bertz CT molecular complexity index is 259. The standard InChI is InChI=1S/C14H26N2O2/c1-2-16(10-13-7-3-4-8-15-13)14(17)12-6-5-9-18-11-12/h12-13,15H,2-11H2,1H3. The highest BCUT2D eigenvalue weighted by Gasteiger charge is 2.27. The Hall–Kier alpha value is -0.610. The zero-order chi connectivity index (χ0) is 12.8. The van der Waals surface area contributed by atoms with Crippen LogP contribution in [0.4, 0.5) is 0 Å². The molecule has 2 heterocycles. The summed E-state index contributed by atoms with van der Waals surface area (Å²) in [7, 11) is 0. The van der Waals surface area contributed by atoms with Gasteiger partial charge in [0.1, 0.15) is 0 Å². The number of piperidine rings is 1. The van der Waals surface area contributed by atoms with Gasteiger partial charge in [-0.2, -0.15) is 0 Å². The molecule has 1 amide bonds. The number of amides is 1. The van der Waals surface area contributed by atoms with Crippen LogP contribution in [0.5, 0.6) is 0 Å². The van der Waals surface area contributed by atoms with Gasteiger partial charge in [0.25, 0.3) is 0 Å². The number of nitrogens with zero attached hydrogens (tertiary/aromatic N) is 1. The number of rotatable bonds is 4. The van der Waals surface area contributed by atoms with Crippen LogP contribution in [0.15, 0.2) is 0 Å². The summed E-state index contributed by atoms with van der Waals surface area (Å²) in [5.41, 5.74) is 0. The van der Waals surface area contributed by atoms with Crippen molar-refractivity contribution < 1.29 is 9.53 Å². The quantitative estimate of drug-likeness (QED) is 0.824. The molecular weight excluding hydrogens is 228 g/mol. The molecule has 2 fully saturated rings. The summed E-state index contributed by atoms with van der Waals surface area (Å²) in [6.07, 6.45) is 5.77. The molecule has 2 aliphatic heterocycles. The van der Waals surface area contributed by atoms with E-state index >= 15 is 0 Å². The van der Waals surface area contributed by atoms with Crippen molar-refractivity contribution in [3.05, 3.63) is 0 Å². The minimum atomic E-state index is 0.0993. The van der Waals surface area contributed by atoms with Gasteiger partial charge in [-0.15, -0.1) is 0 Å². The Morgan fingerprint density at radius 3 is 2.83 bits per heavy atom. The molecule has 0 saturated carbocycles. The fraction of sp³-hybridized carbons (Fsp3) is 0.929. The van der Waals surface area contributed by atoms with E-state index in [-0.39, 0.29) is 5.92 Å². The molecule has 4 heteroatoms. The van der Waals surface area contributed by atoms with E-state index in [9.17, 15) is 4.79 Å². The van der Waals surface area contributed by atoms with Crippen LogP contribution in [0.2, 0.25) is 0 Å². The summed E-state index contributed by atoms with van der Waals surface area (Å²) in [5, 5.41) is 3.52. The van der Waals surface area contributed by atoms with Gasteiger partial charge in [-0.1, -0.05) is 6.42 Å². The normalized spacial score (nSPS) is 28.9. The second kappa shape index (κ2) is 7.10. The molecule has 0 aromatic heterocycles. The van der Waals surface area contributed by atoms with Crippen molar-refractivity contribution in [1.82, 2.24) is 10.2 Å². The van der Waals surface area contributed by atoms with Crippen LogP contribution < -0.4 is 5.32 Å². The second-order valence-corrected chi connectivity index (χ2v) is 5.44. The van der Waals surface area contributed by atoms with Crippen molar-refractivity contribution in [1.29, 1.82) is 0 Å². The average Bonchev–Trinajstić information content (AvgIpc) is 2.46. The van der Waals surface area contributed by atoms with Gasteiger partial charge in [-0.05, 0) is 39.2 Å². The number of hydrogen-bond acceptors (Lipinski definition) is 3. The Balaban J connectivity index is 1.84. The first-order chi connectivity index (χ1) is 8.81. The van der Waals surface area contributed by atoms with Gasteiger partial charge in [-0.25, -0.2) is 0 Å². The number of nitrogens with one attached hydrogen (secondary N) is 1. The summed E-state index contributed by atoms with van der Waals surface area (Å²) in [6, 6.07) is 0.493. The van der Waals surface area contributed by atoms with Crippen LogP contribution in [0.1, 0.15) is 39.0 Å². The molecule has 2 unspecified atom stereocenters. The van der Waals surface area contributed by atoms with E-state index in [2.05, 4.69) is 12.2 Å². The van der Waals surface area contributed by atoms with Crippen LogP contribution in [-0.2, 0) is 9.53 Å². The van der Waals surface area contributed by atoms with Gasteiger partial charge in [-0.3, -0.25) is 4.79 Å². The smallest absolute Gasteiger partial charge is 0.228 e. The maximum Gasteiger partial charge on any atom is 0.228 e.